The van der Waals surface area contributed by atoms with Crippen molar-refractivity contribution in [1.29, 1.82) is 0 Å². The number of nitrogens with zero attached hydrogens (tertiary/aromatic N) is 1. The average Bonchev–Trinajstić information content (AvgIpc) is 2.51. The van der Waals surface area contributed by atoms with E-state index in [1.54, 1.807) is 6.07 Å². The summed E-state index contributed by atoms with van der Waals surface area (Å²) in [7, 11) is 0. The van der Waals surface area contributed by atoms with E-state index >= 15 is 0 Å². The Morgan fingerprint density at radius 1 is 1.40 bits per heavy atom. The molecule has 5 heteroatoms. The Bertz CT molecular complexity index is 447. The second kappa shape index (κ2) is 6.65. The van der Waals surface area contributed by atoms with Crippen molar-refractivity contribution in [3.63, 3.8) is 0 Å². The molecule has 0 radical (unpaired) electrons. The van der Waals surface area contributed by atoms with Crippen LogP contribution in [0.15, 0.2) is 18.2 Å². The van der Waals surface area contributed by atoms with E-state index in [0.29, 0.717) is 16.3 Å². The maximum Gasteiger partial charge on any atom is 0.125 e. The Morgan fingerprint density at radius 3 is 2.80 bits per heavy atom. The molecule has 1 atom stereocenters. The van der Waals surface area contributed by atoms with Crippen LogP contribution in [0.4, 0.5) is 4.39 Å². The number of halogens is 2. The van der Waals surface area contributed by atoms with Gasteiger partial charge in [0.05, 0.1) is 0 Å². The number of thioether (sulfide) groups is 1. The lowest BCUT2D eigenvalue weighted by Crippen LogP contribution is -2.36. The summed E-state index contributed by atoms with van der Waals surface area (Å²) in [6.07, 6.45) is 1.11. The SMILES string of the molecule is CC1(C)CCN(C(CN)c2cc(F)cc(Cl)c2)CCS1. The molecule has 20 heavy (non-hydrogen) atoms. The van der Waals surface area contributed by atoms with Gasteiger partial charge in [0.2, 0.25) is 0 Å². The highest BCUT2D eigenvalue weighted by atomic mass is 35.5. The zero-order valence-corrected chi connectivity index (χ0v) is 13.6. The molecule has 1 aliphatic rings. The van der Waals surface area contributed by atoms with Gasteiger partial charge in [0.15, 0.2) is 0 Å². The van der Waals surface area contributed by atoms with Crippen LogP contribution in [0.1, 0.15) is 31.9 Å². The highest BCUT2D eigenvalue weighted by Gasteiger charge is 2.27. The predicted octanol–water partition coefficient (Wildman–Crippen LogP) is 3.70. The second-order valence-electron chi connectivity index (χ2n) is 5.85. The maximum absolute atomic E-state index is 13.5. The summed E-state index contributed by atoms with van der Waals surface area (Å²) in [6, 6.07) is 4.75. The monoisotopic (exact) mass is 316 g/mol. The van der Waals surface area contributed by atoms with Crippen LogP contribution >= 0.6 is 23.4 Å². The van der Waals surface area contributed by atoms with Crippen molar-refractivity contribution in [3.8, 4) is 0 Å². The minimum atomic E-state index is -0.296. The predicted molar refractivity (Wildman–Crippen MR) is 85.9 cm³/mol. The molecule has 0 aliphatic carbocycles. The quantitative estimate of drug-likeness (QED) is 0.922. The molecule has 1 aromatic carbocycles. The lowest BCUT2D eigenvalue weighted by Gasteiger charge is -2.30. The van der Waals surface area contributed by atoms with E-state index in [1.165, 1.54) is 6.07 Å². The summed E-state index contributed by atoms with van der Waals surface area (Å²) < 4.78 is 13.8. The molecule has 112 valence electrons. The fraction of sp³-hybridized carbons (Fsp3) is 0.600. The highest BCUT2D eigenvalue weighted by Crippen LogP contribution is 2.33. The number of hydrogen-bond acceptors (Lipinski definition) is 3. The van der Waals surface area contributed by atoms with E-state index in [1.807, 2.05) is 17.8 Å². The van der Waals surface area contributed by atoms with E-state index in [4.69, 9.17) is 17.3 Å². The summed E-state index contributed by atoms with van der Waals surface area (Å²) in [4.78, 5) is 2.35. The van der Waals surface area contributed by atoms with Crippen molar-refractivity contribution < 1.29 is 4.39 Å². The van der Waals surface area contributed by atoms with Crippen LogP contribution in [0.25, 0.3) is 0 Å². The Kier molecular flexibility index (Phi) is 5.35. The maximum atomic E-state index is 13.5. The zero-order chi connectivity index (χ0) is 14.8. The molecule has 2 rings (SSSR count). The van der Waals surface area contributed by atoms with Crippen molar-refractivity contribution in [2.75, 3.05) is 25.4 Å². The molecule has 2 N–H and O–H groups in total. The summed E-state index contributed by atoms with van der Waals surface area (Å²) in [5, 5.41) is 0.433. The van der Waals surface area contributed by atoms with Gasteiger partial charge in [0, 0.05) is 41.2 Å². The molecule has 1 aromatic rings. The Labute approximate surface area is 129 Å². The molecular formula is C15H22ClFN2S. The largest absolute Gasteiger partial charge is 0.329 e. The van der Waals surface area contributed by atoms with Crippen molar-refractivity contribution >= 4 is 23.4 Å². The van der Waals surface area contributed by atoms with Crippen LogP contribution in [-0.4, -0.2) is 35.0 Å². The lowest BCUT2D eigenvalue weighted by molar-refractivity contribution is 0.210. The molecule has 2 nitrogen and oxygen atoms in total. The molecule has 1 saturated heterocycles. The third-order valence-electron chi connectivity index (χ3n) is 3.81. The first-order valence-corrected chi connectivity index (χ1v) is 8.32. The molecule has 0 bridgehead atoms. The molecule has 0 saturated carbocycles. The lowest BCUT2D eigenvalue weighted by atomic mass is 10.0. The van der Waals surface area contributed by atoms with Gasteiger partial charge in [0.1, 0.15) is 5.82 Å². The topological polar surface area (TPSA) is 29.3 Å². The Hall–Kier alpha value is -0.290. The second-order valence-corrected chi connectivity index (χ2v) is 8.09. The summed E-state index contributed by atoms with van der Waals surface area (Å²) >= 11 is 7.96. The molecule has 1 unspecified atom stereocenters. The normalized spacial score (nSPS) is 21.4. The van der Waals surface area contributed by atoms with E-state index in [-0.39, 0.29) is 11.9 Å². The molecular weight excluding hydrogens is 295 g/mol. The van der Waals surface area contributed by atoms with E-state index < -0.39 is 0 Å². The third kappa shape index (κ3) is 4.10. The van der Waals surface area contributed by atoms with Crippen LogP contribution < -0.4 is 5.73 Å². The first-order chi connectivity index (χ1) is 9.41. The van der Waals surface area contributed by atoms with Gasteiger partial charge in [-0.05, 0) is 30.2 Å². The summed E-state index contributed by atoms with van der Waals surface area (Å²) in [5.74, 6) is 0.780. The minimum Gasteiger partial charge on any atom is -0.329 e. The van der Waals surface area contributed by atoms with Gasteiger partial charge in [-0.15, -0.1) is 0 Å². The Morgan fingerprint density at radius 2 is 2.15 bits per heavy atom. The zero-order valence-electron chi connectivity index (χ0n) is 12.0. The number of benzene rings is 1. The molecule has 1 heterocycles. The van der Waals surface area contributed by atoms with Crippen molar-refractivity contribution in [3.05, 3.63) is 34.6 Å². The molecule has 1 aliphatic heterocycles. The smallest absolute Gasteiger partial charge is 0.125 e. The fourth-order valence-electron chi connectivity index (χ4n) is 2.61. The van der Waals surface area contributed by atoms with E-state index in [0.717, 1.165) is 30.8 Å². The van der Waals surface area contributed by atoms with Gasteiger partial charge in [0.25, 0.3) is 0 Å². The van der Waals surface area contributed by atoms with Gasteiger partial charge < -0.3 is 5.73 Å². The number of hydrogen-bond donors (Lipinski definition) is 1. The first kappa shape index (κ1) is 16.1. The van der Waals surface area contributed by atoms with Gasteiger partial charge >= 0.3 is 0 Å². The fourth-order valence-corrected chi connectivity index (χ4v) is 3.96. The summed E-state index contributed by atoms with van der Waals surface area (Å²) in [5.41, 5.74) is 6.82. The van der Waals surface area contributed by atoms with Gasteiger partial charge in [-0.25, -0.2) is 4.39 Å². The molecule has 0 spiro atoms. The van der Waals surface area contributed by atoms with Crippen LogP contribution in [0.2, 0.25) is 5.02 Å². The standard InChI is InChI=1S/C15H22ClFN2S/c1-15(2)3-4-19(5-6-20-15)14(10-18)11-7-12(16)9-13(17)8-11/h7-9,14H,3-6,10,18H2,1-2H3. The summed E-state index contributed by atoms with van der Waals surface area (Å²) in [6.45, 7) is 6.99. The van der Waals surface area contributed by atoms with E-state index in [9.17, 15) is 4.39 Å². The van der Waals surface area contributed by atoms with E-state index in [2.05, 4.69) is 18.7 Å². The first-order valence-electron chi connectivity index (χ1n) is 6.95. The van der Waals surface area contributed by atoms with Crippen molar-refractivity contribution in [1.82, 2.24) is 4.90 Å². The van der Waals surface area contributed by atoms with Gasteiger partial charge in [-0.1, -0.05) is 25.4 Å². The molecule has 0 amide bonds. The van der Waals surface area contributed by atoms with Crippen LogP contribution in [0.3, 0.4) is 0 Å². The van der Waals surface area contributed by atoms with Crippen LogP contribution in [0.5, 0.6) is 0 Å². The van der Waals surface area contributed by atoms with Crippen molar-refractivity contribution in [2.45, 2.75) is 31.1 Å². The van der Waals surface area contributed by atoms with Crippen LogP contribution in [0, 0.1) is 5.82 Å². The van der Waals surface area contributed by atoms with Gasteiger partial charge in [-0.3, -0.25) is 4.90 Å². The number of nitrogens with two attached hydrogens (primary N) is 1. The average molecular weight is 317 g/mol. The van der Waals surface area contributed by atoms with Crippen molar-refractivity contribution in [2.24, 2.45) is 5.73 Å². The number of rotatable bonds is 3. The molecule has 0 aromatic heterocycles. The van der Waals surface area contributed by atoms with Gasteiger partial charge in [-0.2, -0.15) is 11.8 Å². The minimum absolute atomic E-state index is 0.0395. The third-order valence-corrected chi connectivity index (χ3v) is 5.40. The van der Waals surface area contributed by atoms with Crippen LogP contribution in [-0.2, 0) is 0 Å². The highest BCUT2D eigenvalue weighted by molar-refractivity contribution is 8.00. The Balaban J connectivity index is 2.19. The molecule has 1 fully saturated rings.